The minimum Gasteiger partial charge on any atom is -0.323 e. The van der Waals surface area contributed by atoms with Crippen molar-refractivity contribution in [1.82, 2.24) is 9.97 Å². The van der Waals surface area contributed by atoms with Crippen LogP contribution in [0.2, 0.25) is 0 Å². The van der Waals surface area contributed by atoms with Gasteiger partial charge in [-0.25, -0.2) is 14.4 Å². The van der Waals surface area contributed by atoms with Crippen molar-refractivity contribution in [3.63, 3.8) is 0 Å². The molecule has 3 rings (SSSR count). The SMILES string of the molecule is CC[C@@H]1c2c(SCC(=O)Nc3ccccc3F)nc(C)nc2S[C@H]1C. The van der Waals surface area contributed by atoms with Crippen LogP contribution in [0.1, 0.15) is 37.6 Å². The van der Waals surface area contributed by atoms with Crippen molar-refractivity contribution in [2.24, 2.45) is 0 Å². The number of rotatable bonds is 5. The number of nitrogens with zero attached hydrogens (tertiary/aromatic N) is 2. The maximum atomic E-state index is 13.6. The second-order valence-corrected chi connectivity index (χ2v) is 8.28. The Morgan fingerprint density at radius 3 is 2.84 bits per heavy atom. The molecule has 1 aromatic heterocycles. The Bertz CT molecular complexity index is 800. The molecule has 0 aliphatic carbocycles. The van der Waals surface area contributed by atoms with Crippen molar-refractivity contribution in [3.8, 4) is 0 Å². The van der Waals surface area contributed by atoms with Crippen molar-refractivity contribution >= 4 is 35.1 Å². The predicted molar refractivity (Wildman–Crippen MR) is 101 cm³/mol. The van der Waals surface area contributed by atoms with Crippen molar-refractivity contribution in [2.45, 2.75) is 48.4 Å². The summed E-state index contributed by atoms with van der Waals surface area (Å²) in [5.41, 5.74) is 1.36. The molecule has 25 heavy (non-hydrogen) atoms. The molecule has 0 unspecified atom stereocenters. The molecule has 132 valence electrons. The van der Waals surface area contributed by atoms with Crippen LogP contribution < -0.4 is 5.32 Å². The van der Waals surface area contributed by atoms with E-state index in [9.17, 15) is 9.18 Å². The van der Waals surface area contributed by atoms with Crippen LogP contribution >= 0.6 is 23.5 Å². The lowest BCUT2D eigenvalue weighted by Gasteiger charge is -2.15. The van der Waals surface area contributed by atoms with Gasteiger partial charge in [-0.3, -0.25) is 4.79 Å². The second-order valence-electron chi connectivity index (χ2n) is 5.95. The lowest BCUT2D eigenvalue weighted by molar-refractivity contribution is -0.113. The summed E-state index contributed by atoms with van der Waals surface area (Å²) in [4.78, 5) is 21.3. The minimum absolute atomic E-state index is 0.187. The fourth-order valence-electron chi connectivity index (χ4n) is 2.96. The van der Waals surface area contributed by atoms with Crippen LogP contribution in [0.4, 0.5) is 10.1 Å². The van der Waals surface area contributed by atoms with Gasteiger partial charge in [-0.1, -0.05) is 37.7 Å². The number of nitrogens with one attached hydrogen (secondary N) is 1. The van der Waals surface area contributed by atoms with Gasteiger partial charge in [-0.15, -0.1) is 11.8 Å². The maximum Gasteiger partial charge on any atom is 0.234 e. The maximum absolute atomic E-state index is 13.6. The first-order valence-electron chi connectivity index (χ1n) is 8.22. The molecule has 2 atom stereocenters. The van der Waals surface area contributed by atoms with E-state index in [1.165, 1.54) is 17.8 Å². The first kappa shape index (κ1) is 18.2. The number of carbonyl (C=O) groups excluding carboxylic acids is 1. The molecule has 4 nitrogen and oxygen atoms in total. The summed E-state index contributed by atoms with van der Waals surface area (Å²) in [6.07, 6.45) is 1.02. The Labute approximate surface area is 155 Å². The Balaban J connectivity index is 1.74. The van der Waals surface area contributed by atoms with E-state index in [0.29, 0.717) is 17.0 Å². The number of para-hydroxylation sites is 1. The third-order valence-electron chi connectivity index (χ3n) is 4.15. The van der Waals surface area contributed by atoms with Gasteiger partial charge in [0.1, 0.15) is 21.7 Å². The molecule has 2 heterocycles. The lowest BCUT2D eigenvalue weighted by Crippen LogP contribution is -2.15. The number of aromatic nitrogens is 2. The van der Waals surface area contributed by atoms with Crippen molar-refractivity contribution in [2.75, 3.05) is 11.1 Å². The van der Waals surface area contributed by atoms with Gasteiger partial charge < -0.3 is 5.32 Å². The monoisotopic (exact) mass is 377 g/mol. The fourth-order valence-corrected chi connectivity index (χ4v) is 5.37. The summed E-state index contributed by atoms with van der Waals surface area (Å²) < 4.78 is 13.6. The number of anilines is 1. The van der Waals surface area contributed by atoms with E-state index in [2.05, 4.69) is 29.1 Å². The smallest absolute Gasteiger partial charge is 0.234 e. The van der Waals surface area contributed by atoms with Crippen molar-refractivity contribution in [3.05, 3.63) is 41.5 Å². The van der Waals surface area contributed by atoms with Crippen LogP contribution in [0.5, 0.6) is 0 Å². The van der Waals surface area contributed by atoms with Gasteiger partial charge in [0.2, 0.25) is 5.91 Å². The molecule has 2 aromatic rings. The zero-order chi connectivity index (χ0) is 18.0. The fraction of sp³-hybridized carbons (Fsp3) is 0.389. The highest BCUT2D eigenvalue weighted by atomic mass is 32.2. The Morgan fingerprint density at radius 2 is 2.12 bits per heavy atom. The summed E-state index contributed by atoms with van der Waals surface area (Å²) in [7, 11) is 0. The zero-order valence-electron chi connectivity index (χ0n) is 14.4. The van der Waals surface area contributed by atoms with Gasteiger partial charge in [0, 0.05) is 16.7 Å². The van der Waals surface area contributed by atoms with Crippen LogP contribution in [0, 0.1) is 12.7 Å². The number of aryl methyl sites for hydroxylation is 1. The first-order valence-corrected chi connectivity index (χ1v) is 10.1. The molecule has 0 fully saturated rings. The predicted octanol–water partition coefficient (Wildman–Crippen LogP) is 4.64. The number of thioether (sulfide) groups is 2. The summed E-state index contributed by atoms with van der Waals surface area (Å²) in [6.45, 7) is 6.24. The number of amides is 1. The summed E-state index contributed by atoms with van der Waals surface area (Å²) in [6, 6.07) is 6.16. The van der Waals surface area contributed by atoms with Crippen LogP contribution in [0.15, 0.2) is 34.3 Å². The zero-order valence-corrected chi connectivity index (χ0v) is 16.0. The number of benzene rings is 1. The standard InChI is InChI=1S/C18H20FN3OS2/c1-4-12-10(2)25-18-16(12)17(20-11(3)21-18)24-9-15(23)22-14-8-6-5-7-13(14)19/h5-8,10,12H,4,9H2,1-3H3,(H,22,23)/t10-,12-/m0/s1. The Kier molecular flexibility index (Phi) is 5.64. The first-order chi connectivity index (χ1) is 12.0. The van der Waals surface area contributed by atoms with E-state index >= 15 is 0 Å². The van der Waals surface area contributed by atoms with Gasteiger partial charge in [-0.05, 0) is 25.5 Å². The second kappa shape index (κ2) is 7.74. The molecule has 1 aromatic carbocycles. The molecule has 1 amide bonds. The average molecular weight is 378 g/mol. The average Bonchev–Trinajstić information content (AvgIpc) is 2.89. The molecule has 1 N–H and O–H groups in total. The minimum atomic E-state index is -0.434. The normalized spacial score (nSPS) is 18.9. The Hall–Kier alpha value is -1.60. The number of fused-ring (bicyclic) bond motifs is 1. The number of hydrogen-bond donors (Lipinski definition) is 1. The third-order valence-corrected chi connectivity index (χ3v) is 6.38. The highest BCUT2D eigenvalue weighted by Crippen LogP contribution is 2.48. The molecule has 0 saturated carbocycles. The lowest BCUT2D eigenvalue weighted by atomic mass is 9.96. The van der Waals surface area contributed by atoms with E-state index in [4.69, 9.17) is 0 Å². The van der Waals surface area contributed by atoms with Gasteiger partial charge in [0.05, 0.1) is 11.4 Å². The summed E-state index contributed by atoms with van der Waals surface area (Å²) >= 11 is 3.17. The molecule has 0 radical (unpaired) electrons. The molecule has 0 bridgehead atoms. The van der Waals surface area contributed by atoms with Crippen LogP contribution in [-0.4, -0.2) is 26.9 Å². The van der Waals surface area contributed by atoms with Crippen molar-refractivity contribution in [1.29, 1.82) is 0 Å². The van der Waals surface area contributed by atoms with Gasteiger partial charge in [-0.2, -0.15) is 0 Å². The molecule has 1 aliphatic rings. The largest absolute Gasteiger partial charge is 0.323 e. The van der Waals surface area contributed by atoms with E-state index in [0.717, 1.165) is 22.0 Å². The van der Waals surface area contributed by atoms with E-state index in [1.807, 2.05) is 6.92 Å². The molecular weight excluding hydrogens is 357 g/mol. The topological polar surface area (TPSA) is 54.9 Å². The van der Waals surface area contributed by atoms with E-state index in [1.54, 1.807) is 30.0 Å². The molecular formula is C18H20FN3OS2. The van der Waals surface area contributed by atoms with Gasteiger partial charge in [0.15, 0.2) is 0 Å². The van der Waals surface area contributed by atoms with E-state index < -0.39 is 5.82 Å². The molecule has 0 spiro atoms. The molecule has 7 heteroatoms. The number of carbonyl (C=O) groups is 1. The van der Waals surface area contributed by atoms with Crippen LogP contribution in [0.25, 0.3) is 0 Å². The van der Waals surface area contributed by atoms with Crippen LogP contribution in [-0.2, 0) is 4.79 Å². The summed E-state index contributed by atoms with van der Waals surface area (Å²) in [5.74, 6) is 0.625. The number of hydrogen-bond acceptors (Lipinski definition) is 5. The van der Waals surface area contributed by atoms with Crippen molar-refractivity contribution < 1.29 is 9.18 Å². The molecule has 0 saturated heterocycles. The van der Waals surface area contributed by atoms with E-state index in [-0.39, 0.29) is 17.3 Å². The van der Waals surface area contributed by atoms with Crippen LogP contribution in [0.3, 0.4) is 0 Å². The quantitative estimate of drug-likeness (QED) is 0.607. The number of halogens is 1. The summed E-state index contributed by atoms with van der Waals surface area (Å²) in [5, 5.41) is 4.98. The molecule has 1 aliphatic heterocycles. The highest BCUT2D eigenvalue weighted by molar-refractivity contribution is 8.01. The Morgan fingerprint density at radius 1 is 1.36 bits per heavy atom. The van der Waals surface area contributed by atoms with Gasteiger partial charge >= 0.3 is 0 Å². The third kappa shape index (κ3) is 3.98. The highest BCUT2D eigenvalue weighted by Gasteiger charge is 2.33. The van der Waals surface area contributed by atoms with Gasteiger partial charge in [0.25, 0.3) is 0 Å².